The highest BCUT2D eigenvalue weighted by Crippen LogP contribution is 2.15. The van der Waals surface area contributed by atoms with Crippen LogP contribution in [0.15, 0.2) is 18.2 Å². The minimum Gasteiger partial charge on any atom is -0.469 e. The van der Waals surface area contributed by atoms with Gasteiger partial charge in [-0.05, 0) is 49.7 Å². The smallest absolute Gasteiger partial charge is 0.305 e. The molecule has 0 saturated heterocycles. The summed E-state index contributed by atoms with van der Waals surface area (Å²) >= 11 is 5.16. The van der Waals surface area contributed by atoms with Gasteiger partial charge in [0.25, 0.3) is 0 Å². The Bertz CT molecular complexity index is 541. The van der Waals surface area contributed by atoms with Gasteiger partial charge in [0.15, 0.2) is 16.7 Å². The first-order valence-electron chi connectivity index (χ1n) is 7.50. The number of nitrogens with one attached hydrogen (secondary N) is 2. The second-order valence-corrected chi connectivity index (χ2v) is 5.59. The Hall–Kier alpha value is -1.76. The molecule has 0 fully saturated rings. The Labute approximate surface area is 140 Å². The number of halogens is 2. The van der Waals surface area contributed by atoms with Gasteiger partial charge in [-0.15, -0.1) is 0 Å². The topological polar surface area (TPSA) is 50.4 Å². The third kappa shape index (κ3) is 7.36. The van der Waals surface area contributed by atoms with Gasteiger partial charge >= 0.3 is 5.97 Å². The molecule has 1 aromatic rings. The molecule has 1 rings (SSSR count). The summed E-state index contributed by atoms with van der Waals surface area (Å²) in [6.07, 6.45) is 2.97. The monoisotopic (exact) mass is 344 g/mol. The molecule has 0 aliphatic rings. The van der Waals surface area contributed by atoms with Crippen LogP contribution in [0.3, 0.4) is 0 Å². The van der Waals surface area contributed by atoms with E-state index in [1.54, 1.807) is 0 Å². The van der Waals surface area contributed by atoms with Crippen LogP contribution in [0.25, 0.3) is 0 Å². The number of hydrogen-bond acceptors (Lipinski definition) is 3. The van der Waals surface area contributed by atoms with Gasteiger partial charge in [0, 0.05) is 13.0 Å². The lowest BCUT2D eigenvalue weighted by molar-refractivity contribution is -0.140. The predicted molar refractivity (Wildman–Crippen MR) is 89.0 cm³/mol. The average Bonchev–Trinajstić information content (AvgIpc) is 2.52. The van der Waals surface area contributed by atoms with E-state index >= 15 is 0 Å². The quantitative estimate of drug-likeness (QED) is 0.431. The Kier molecular flexibility index (Phi) is 8.47. The molecular weight excluding hydrogens is 322 g/mol. The number of carbonyl (C=O) groups is 1. The van der Waals surface area contributed by atoms with Crippen LogP contribution in [-0.4, -0.2) is 24.7 Å². The van der Waals surface area contributed by atoms with Gasteiger partial charge in [0.05, 0.1) is 13.2 Å². The second-order valence-electron chi connectivity index (χ2n) is 5.18. The molecule has 0 bridgehead atoms. The first-order chi connectivity index (χ1) is 10.9. The van der Waals surface area contributed by atoms with Gasteiger partial charge < -0.3 is 15.4 Å². The van der Waals surface area contributed by atoms with Gasteiger partial charge in [-0.2, -0.15) is 0 Å². The SMILES string of the molecule is COC(=O)CCCCCNC(=S)N[C@H](C)c1ccc(F)c(F)c1. The number of thiocarbonyl (C=S) groups is 1. The largest absolute Gasteiger partial charge is 0.469 e. The van der Waals surface area contributed by atoms with Crippen molar-refractivity contribution in [1.82, 2.24) is 10.6 Å². The van der Waals surface area contributed by atoms with E-state index < -0.39 is 11.6 Å². The maximum Gasteiger partial charge on any atom is 0.305 e. The van der Waals surface area contributed by atoms with Crippen molar-refractivity contribution in [3.05, 3.63) is 35.4 Å². The molecule has 0 radical (unpaired) electrons. The van der Waals surface area contributed by atoms with Crippen LogP contribution in [0.5, 0.6) is 0 Å². The summed E-state index contributed by atoms with van der Waals surface area (Å²) in [6.45, 7) is 2.49. The lowest BCUT2D eigenvalue weighted by atomic mass is 10.1. The Morgan fingerprint density at radius 3 is 2.65 bits per heavy atom. The van der Waals surface area contributed by atoms with Crippen LogP contribution in [0.2, 0.25) is 0 Å². The number of unbranched alkanes of at least 4 members (excludes halogenated alkanes) is 2. The van der Waals surface area contributed by atoms with Crippen molar-refractivity contribution in [2.24, 2.45) is 0 Å². The predicted octanol–water partition coefficient (Wildman–Crippen LogP) is 3.22. The van der Waals surface area contributed by atoms with Crippen molar-refractivity contribution in [3.8, 4) is 0 Å². The molecule has 1 atom stereocenters. The molecule has 4 nitrogen and oxygen atoms in total. The van der Waals surface area contributed by atoms with Gasteiger partial charge in [-0.1, -0.05) is 12.5 Å². The third-order valence-electron chi connectivity index (χ3n) is 3.36. The number of hydrogen-bond donors (Lipinski definition) is 2. The standard InChI is InChI=1S/C16H22F2N2O2S/c1-11(12-7-8-13(17)14(18)10-12)20-16(23)19-9-5-3-4-6-15(21)22-2/h7-8,10-11H,3-6,9H2,1-2H3,(H2,19,20,23)/t11-/m1/s1. The number of rotatable bonds is 8. The molecule has 0 unspecified atom stereocenters. The van der Waals surface area contributed by atoms with Gasteiger partial charge in [-0.3, -0.25) is 4.79 Å². The lowest BCUT2D eigenvalue weighted by Crippen LogP contribution is -2.37. The maximum atomic E-state index is 13.2. The van der Waals surface area contributed by atoms with Crippen molar-refractivity contribution in [2.75, 3.05) is 13.7 Å². The van der Waals surface area contributed by atoms with Crippen molar-refractivity contribution >= 4 is 23.3 Å². The normalized spacial score (nSPS) is 11.7. The van der Waals surface area contributed by atoms with E-state index in [0.29, 0.717) is 23.6 Å². The van der Waals surface area contributed by atoms with E-state index in [0.717, 1.165) is 31.4 Å². The van der Waals surface area contributed by atoms with Crippen LogP contribution in [0.1, 0.15) is 44.2 Å². The fourth-order valence-corrected chi connectivity index (χ4v) is 2.27. The molecule has 0 aromatic heterocycles. The van der Waals surface area contributed by atoms with E-state index in [-0.39, 0.29) is 12.0 Å². The number of benzene rings is 1. The highest BCUT2D eigenvalue weighted by molar-refractivity contribution is 7.80. The molecule has 0 spiro atoms. The first-order valence-corrected chi connectivity index (χ1v) is 7.91. The average molecular weight is 344 g/mol. The number of ether oxygens (including phenoxy) is 1. The van der Waals surface area contributed by atoms with E-state index in [1.807, 2.05) is 6.92 Å². The van der Waals surface area contributed by atoms with Crippen LogP contribution in [-0.2, 0) is 9.53 Å². The van der Waals surface area contributed by atoms with Gasteiger partial charge in [0.1, 0.15) is 0 Å². The lowest BCUT2D eigenvalue weighted by Gasteiger charge is -2.17. The zero-order chi connectivity index (χ0) is 17.2. The summed E-state index contributed by atoms with van der Waals surface area (Å²) in [5.74, 6) is -1.94. The van der Waals surface area contributed by atoms with Crippen LogP contribution in [0, 0.1) is 11.6 Å². The number of esters is 1. The Morgan fingerprint density at radius 2 is 2.00 bits per heavy atom. The maximum absolute atomic E-state index is 13.2. The van der Waals surface area contributed by atoms with E-state index in [1.165, 1.54) is 13.2 Å². The summed E-state index contributed by atoms with van der Waals surface area (Å²) in [4.78, 5) is 10.9. The van der Waals surface area contributed by atoms with E-state index in [4.69, 9.17) is 12.2 Å². The van der Waals surface area contributed by atoms with Crippen molar-refractivity contribution in [3.63, 3.8) is 0 Å². The zero-order valence-electron chi connectivity index (χ0n) is 13.3. The van der Waals surface area contributed by atoms with E-state index in [2.05, 4.69) is 15.4 Å². The molecule has 0 aliphatic heterocycles. The first kappa shape index (κ1) is 19.3. The minimum atomic E-state index is -0.874. The summed E-state index contributed by atoms with van der Waals surface area (Å²) in [6, 6.07) is 3.54. The molecule has 1 aromatic carbocycles. The summed E-state index contributed by atoms with van der Waals surface area (Å²) in [5.41, 5.74) is 0.617. The molecule has 2 N–H and O–H groups in total. The second kappa shape index (κ2) is 10.1. The number of carbonyl (C=O) groups excluding carboxylic acids is 1. The molecule has 7 heteroatoms. The Balaban J connectivity index is 2.23. The minimum absolute atomic E-state index is 0.199. The highest BCUT2D eigenvalue weighted by atomic mass is 32.1. The molecule has 23 heavy (non-hydrogen) atoms. The summed E-state index contributed by atoms with van der Waals surface area (Å²) in [7, 11) is 1.38. The highest BCUT2D eigenvalue weighted by Gasteiger charge is 2.10. The molecule has 0 aliphatic carbocycles. The van der Waals surface area contributed by atoms with Crippen LogP contribution >= 0.6 is 12.2 Å². The fourth-order valence-electron chi connectivity index (χ4n) is 1.99. The van der Waals surface area contributed by atoms with Crippen LogP contribution < -0.4 is 10.6 Å². The van der Waals surface area contributed by atoms with Gasteiger partial charge in [-0.25, -0.2) is 8.78 Å². The fraction of sp³-hybridized carbons (Fsp3) is 0.500. The molecule has 0 saturated carbocycles. The van der Waals surface area contributed by atoms with Crippen LogP contribution in [0.4, 0.5) is 8.78 Å². The third-order valence-corrected chi connectivity index (χ3v) is 3.62. The zero-order valence-corrected chi connectivity index (χ0v) is 14.1. The number of methoxy groups -OCH3 is 1. The Morgan fingerprint density at radius 1 is 1.26 bits per heavy atom. The van der Waals surface area contributed by atoms with Crippen molar-refractivity contribution < 1.29 is 18.3 Å². The van der Waals surface area contributed by atoms with E-state index in [9.17, 15) is 13.6 Å². The molecular formula is C16H22F2N2O2S. The van der Waals surface area contributed by atoms with Gasteiger partial charge in [0.2, 0.25) is 0 Å². The molecule has 0 heterocycles. The molecule has 128 valence electrons. The summed E-state index contributed by atoms with van der Waals surface area (Å²) in [5, 5.41) is 6.52. The van der Waals surface area contributed by atoms with Crippen molar-refractivity contribution in [1.29, 1.82) is 0 Å². The molecule has 0 amide bonds. The van der Waals surface area contributed by atoms with Crippen molar-refractivity contribution in [2.45, 2.75) is 38.6 Å². The summed E-state index contributed by atoms with van der Waals surface area (Å²) < 4.78 is 30.7.